The third-order valence-electron chi connectivity index (χ3n) is 3.15. The molecule has 0 saturated carbocycles. The number of benzene rings is 2. The van der Waals surface area contributed by atoms with E-state index in [4.69, 9.17) is 4.74 Å². The number of carbonyl (C=O) groups is 2. The minimum absolute atomic E-state index is 0.152. The highest BCUT2D eigenvalue weighted by atomic mass is 79.9. The van der Waals surface area contributed by atoms with E-state index in [2.05, 4.69) is 37.8 Å². The topological polar surface area (TPSA) is 64.6 Å². The van der Waals surface area contributed by atoms with Crippen LogP contribution < -0.4 is 5.32 Å². The van der Waals surface area contributed by atoms with Crippen LogP contribution in [0.3, 0.4) is 0 Å². The maximum atomic E-state index is 11.6. The van der Waals surface area contributed by atoms with Crippen molar-refractivity contribution in [3.63, 3.8) is 0 Å². The van der Waals surface area contributed by atoms with Gasteiger partial charge in [-0.3, -0.25) is 0 Å². The molecule has 0 aliphatic carbocycles. The van der Waals surface area contributed by atoms with Crippen molar-refractivity contribution in [3.05, 3.63) is 69.7 Å². The lowest BCUT2D eigenvalue weighted by molar-refractivity contribution is 0.0600. The third kappa shape index (κ3) is 5.98. The summed E-state index contributed by atoms with van der Waals surface area (Å²) in [5.74, 6) is 5.32. The number of methoxy groups -OCH3 is 1. The van der Waals surface area contributed by atoms with Crippen molar-refractivity contribution in [2.75, 3.05) is 13.7 Å². The molecule has 0 unspecified atom stereocenters. The first-order chi connectivity index (χ1) is 12.1. The van der Waals surface area contributed by atoms with E-state index in [1.165, 1.54) is 7.11 Å². The number of rotatable bonds is 4. The third-order valence-corrected chi connectivity index (χ3v) is 3.80. The zero-order valence-corrected chi connectivity index (χ0v) is 15.1. The molecule has 128 valence electrons. The fourth-order valence-corrected chi connectivity index (χ4v) is 2.37. The van der Waals surface area contributed by atoms with Crippen molar-refractivity contribution in [2.24, 2.45) is 0 Å². The van der Waals surface area contributed by atoms with Gasteiger partial charge in [0.2, 0.25) is 0 Å². The van der Waals surface area contributed by atoms with Gasteiger partial charge in [-0.15, -0.1) is 0 Å². The first-order valence-electron chi connectivity index (χ1n) is 7.41. The van der Waals surface area contributed by atoms with Crippen LogP contribution >= 0.6 is 15.9 Å². The molecule has 25 heavy (non-hydrogen) atoms. The highest BCUT2D eigenvalue weighted by molar-refractivity contribution is 9.10. The summed E-state index contributed by atoms with van der Waals surface area (Å²) in [4.78, 5) is 23.0. The second kappa shape index (κ2) is 9.50. The number of alkyl carbamates (subject to hydrolysis) is 1. The van der Waals surface area contributed by atoms with Crippen molar-refractivity contribution in [1.29, 1.82) is 0 Å². The maximum absolute atomic E-state index is 11.6. The molecule has 1 N–H and O–H groups in total. The Labute approximate surface area is 154 Å². The molecule has 2 aromatic carbocycles. The smallest absolute Gasteiger partial charge is 0.408 e. The Morgan fingerprint density at radius 2 is 1.92 bits per heavy atom. The Morgan fingerprint density at radius 1 is 1.16 bits per heavy atom. The van der Waals surface area contributed by atoms with E-state index in [0.717, 1.165) is 5.56 Å². The van der Waals surface area contributed by atoms with Crippen LogP contribution in [0.15, 0.2) is 53.0 Å². The molecule has 1 amide bonds. The van der Waals surface area contributed by atoms with Crippen molar-refractivity contribution < 1.29 is 19.1 Å². The maximum Gasteiger partial charge on any atom is 0.408 e. The first-order valence-corrected chi connectivity index (χ1v) is 8.20. The molecule has 5 nitrogen and oxygen atoms in total. The van der Waals surface area contributed by atoms with Gasteiger partial charge in [0.05, 0.1) is 19.2 Å². The van der Waals surface area contributed by atoms with Gasteiger partial charge in [0.1, 0.15) is 6.61 Å². The standard InChI is InChI=1S/C19H16BrNO4/c1-24-18(22)16-10-9-15(17(20)12-16)8-5-11-21-19(23)25-13-14-6-3-2-4-7-14/h2-4,6-7,9-10,12H,11,13H2,1H3,(H,21,23). The number of hydrogen-bond acceptors (Lipinski definition) is 4. The lowest BCUT2D eigenvalue weighted by atomic mass is 10.1. The van der Waals surface area contributed by atoms with E-state index in [9.17, 15) is 9.59 Å². The Kier molecular flexibility index (Phi) is 7.05. The van der Waals surface area contributed by atoms with Crippen molar-refractivity contribution >= 4 is 28.0 Å². The fraction of sp³-hybridized carbons (Fsp3) is 0.158. The number of carbonyl (C=O) groups excluding carboxylic acids is 2. The summed E-state index contributed by atoms with van der Waals surface area (Å²) in [7, 11) is 1.33. The molecule has 0 atom stereocenters. The predicted molar refractivity (Wildman–Crippen MR) is 97.0 cm³/mol. The first kappa shape index (κ1) is 18.6. The monoisotopic (exact) mass is 401 g/mol. The molecule has 0 aliphatic rings. The van der Waals surface area contributed by atoms with Crippen LogP contribution in [0.1, 0.15) is 21.5 Å². The minimum atomic E-state index is -0.529. The molecule has 0 aliphatic heterocycles. The summed E-state index contributed by atoms with van der Waals surface area (Å²) in [6, 6.07) is 14.4. The summed E-state index contributed by atoms with van der Waals surface area (Å²) < 4.78 is 10.4. The lowest BCUT2D eigenvalue weighted by Crippen LogP contribution is -2.24. The molecular weight excluding hydrogens is 386 g/mol. The van der Waals surface area contributed by atoms with E-state index in [1.807, 2.05) is 30.3 Å². The number of amides is 1. The highest BCUT2D eigenvalue weighted by Gasteiger charge is 2.07. The zero-order valence-electron chi connectivity index (χ0n) is 13.5. The molecule has 0 fully saturated rings. The van der Waals surface area contributed by atoms with Crippen LogP contribution in [0.25, 0.3) is 0 Å². The Balaban J connectivity index is 1.82. The molecule has 2 aromatic rings. The van der Waals surface area contributed by atoms with Gasteiger partial charge in [-0.05, 0) is 39.7 Å². The van der Waals surface area contributed by atoms with Gasteiger partial charge in [-0.25, -0.2) is 9.59 Å². The van der Waals surface area contributed by atoms with Gasteiger partial charge in [-0.2, -0.15) is 0 Å². The SMILES string of the molecule is COC(=O)c1ccc(C#CCNC(=O)OCc2ccccc2)c(Br)c1. The van der Waals surface area contributed by atoms with Crippen molar-refractivity contribution in [1.82, 2.24) is 5.32 Å². The van der Waals surface area contributed by atoms with E-state index in [0.29, 0.717) is 15.6 Å². The summed E-state index contributed by atoms with van der Waals surface area (Å²) in [6.45, 7) is 0.361. The Morgan fingerprint density at radius 3 is 2.60 bits per heavy atom. The average molecular weight is 402 g/mol. The number of hydrogen-bond donors (Lipinski definition) is 1. The van der Waals surface area contributed by atoms with Gasteiger partial charge < -0.3 is 14.8 Å². The largest absolute Gasteiger partial charge is 0.465 e. The average Bonchev–Trinajstić information content (AvgIpc) is 2.64. The quantitative estimate of drug-likeness (QED) is 0.628. The molecule has 0 radical (unpaired) electrons. The Bertz CT molecular complexity index is 809. The van der Waals surface area contributed by atoms with Crippen LogP contribution in [-0.2, 0) is 16.1 Å². The molecule has 2 rings (SSSR count). The van der Waals surface area contributed by atoms with Gasteiger partial charge in [0, 0.05) is 10.0 Å². The number of halogens is 1. The van der Waals surface area contributed by atoms with Gasteiger partial charge in [0.15, 0.2) is 0 Å². The van der Waals surface area contributed by atoms with E-state index in [-0.39, 0.29) is 13.2 Å². The lowest BCUT2D eigenvalue weighted by Gasteiger charge is -2.04. The second-order valence-corrected chi connectivity index (χ2v) is 5.76. The molecule has 0 saturated heterocycles. The van der Waals surface area contributed by atoms with Crippen LogP contribution in [0.5, 0.6) is 0 Å². The highest BCUT2D eigenvalue weighted by Crippen LogP contribution is 2.18. The molecule has 0 bridgehead atoms. The fourth-order valence-electron chi connectivity index (χ4n) is 1.89. The van der Waals surface area contributed by atoms with Crippen LogP contribution in [0.2, 0.25) is 0 Å². The molecular formula is C19H16BrNO4. The van der Waals surface area contributed by atoms with Gasteiger partial charge in [0.25, 0.3) is 0 Å². The van der Waals surface area contributed by atoms with Gasteiger partial charge in [-0.1, -0.05) is 42.2 Å². The van der Waals surface area contributed by atoms with Gasteiger partial charge >= 0.3 is 12.1 Å². The summed E-state index contributed by atoms with van der Waals surface area (Å²) in [5, 5.41) is 2.56. The molecule has 0 aromatic heterocycles. The number of ether oxygens (including phenoxy) is 2. The predicted octanol–water partition coefficient (Wildman–Crippen LogP) is 3.51. The van der Waals surface area contributed by atoms with Crippen LogP contribution in [0.4, 0.5) is 4.79 Å². The van der Waals surface area contributed by atoms with Crippen LogP contribution in [0, 0.1) is 11.8 Å². The normalized spacial score (nSPS) is 9.52. The summed E-state index contributed by atoms with van der Waals surface area (Å²) in [6.07, 6.45) is -0.529. The van der Waals surface area contributed by atoms with E-state index < -0.39 is 12.1 Å². The van der Waals surface area contributed by atoms with E-state index >= 15 is 0 Å². The van der Waals surface area contributed by atoms with Crippen molar-refractivity contribution in [3.8, 4) is 11.8 Å². The molecule has 0 heterocycles. The number of esters is 1. The van der Waals surface area contributed by atoms with Crippen molar-refractivity contribution in [2.45, 2.75) is 6.61 Å². The molecule has 0 spiro atoms. The second-order valence-electron chi connectivity index (χ2n) is 4.90. The van der Waals surface area contributed by atoms with Crippen LogP contribution in [-0.4, -0.2) is 25.7 Å². The Hall–Kier alpha value is -2.78. The van der Waals surface area contributed by atoms with E-state index in [1.54, 1.807) is 18.2 Å². The summed E-state index contributed by atoms with van der Waals surface area (Å²) >= 11 is 3.35. The zero-order chi connectivity index (χ0) is 18.1. The minimum Gasteiger partial charge on any atom is -0.465 e. The summed E-state index contributed by atoms with van der Waals surface area (Å²) in [5.41, 5.74) is 2.05. The number of nitrogens with one attached hydrogen (secondary N) is 1. The molecule has 6 heteroatoms.